The average Bonchev–Trinajstić information content (AvgIpc) is 2.78. The Morgan fingerprint density at radius 3 is 2.81 bits per heavy atom. The molecular weight excluding hydrogens is 273 g/mol. The molecule has 0 fully saturated rings. The van der Waals surface area contributed by atoms with Gasteiger partial charge in [0.2, 0.25) is 0 Å². The fraction of sp³-hybridized carbons (Fsp3) is 0.188. The maximum absolute atomic E-state index is 13.2. The van der Waals surface area contributed by atoms with Gasteiger partial charge in [0.15, 0.2) is 0 Å². The Kier molecular flexibility index (Phi) is 3.35. The molecule has 2 aromatic rings. The van der Waals surface area contributed by atoms with Crippen LogP contribution in [-0.2, 0) is 6.42 Å². The number of halogens is 1. The Labute approximate surface area is 120 Å². The summed E-state index contributed by atoms with van der Waals surface area (Å²) in [5, 5.41) is 22.4. The van der Waals surface area contributed by atoms with Crippen molar-refractivity contribution in [3.63, 3.8) is 0 Å². The van der Waals surface area contributed by atoms with E-state index in [4.69, 9.17) is 0 Å². The molecule has 2 aromatic carbocycles. The van der Waals surface area contributed by atoms with Gasteiger partial charge in [0, 0.05) is 6.42 Å². The number of rotatable bonds is 2. The van der Waals surface area contributed by atoms with Crippen LogP contribution in [0.1, 0.15) is 27.5 Å². The van der Waals surface area contributed by atoms with E-state index in [1.807, 2.05) is 24.3 Å². The summed E-state index contributed by atoms with van der Waals surface area (Å²) in [5.74, 6) is -1.52. The van der Waals surface area contributed by atoms with E-state index in [-0.39, 0.29) is 11.3 Å². The normalized spacial score (nSPS) is 20.1. The standard InChI is InChI=1S/C16H14FNO3/c17-10-5-6-13(19)12(8-10)16(21)18-15-11-4-2-1-3-9(11)7-14(15)20/h1-6,8,14-15,19-20H,7H2,(H,18,21). The van der Waals surface area contributed by atoms with Gasteiger partial charge in [0.25, 0.3) is 5.91 Å². The number of nitrogens with one attached hydrogen (secondary N) is 1. The summed E-state index contributed by atoms with van der Waals surface area (Å²) in [7, 11) is 0. The summed E-state index contributed by atoms with van der Waals surface area (Å²) in [6.07, 6.45) is -0.280. The lowest BCUT2D eigenvalue weighted by Gasteiger charge is -2.18. The fourth-order valence-corrected chi connectivity index (χ4v) is 2.66. The summed E-state index contributed by atoms with van der Waals surface area (Å²) in [4.78, 5) is 12.2. The highest BCUT2D eigenvalue weighted by Gasteiger charge is 2.32. The van der Waals surface area contributed by atoms with Gasteiger partial charge in [-0.05, 0) is 29.3 Å². The second kappa shape index (κ2) is 5.18. The third-order valence-electron chi connectivity index (χ3n) is 3.69. The van der Waals surface area contributed by atoms with E-state index in [1.54, 1.807) is 0 Å². The SMILES string of the molecule is O=C(NC1c2ccccc2CC1O)c1cc(F)ccc1O. The van der Waals surface area contributed by atoms with Crippen molar-refractivity contribution in [3.8, 4) is 5.75 Å². The number of fused-ring (bicyclic) bond motifs is 1. The topological polar surface area (TPSA) is 69.6 Å². The van der Waals surface area contributed by atoms with Crippen LogP contribution in [0, 0.1) is 5.82 Å². The molecule has 2 atom stereocenters. The molecule has 0 radical (unpaired) electrons. The van der Waals surface area contributed by atoms with Crippen LogP contribution in [0.15, 0.2) is 42.5 Å². The molecule has 4 nitrogen and oxygen atoms in total. The van der Waals surface area contributed by atoms with Gasteiger partial charge in [-0.25, -0.2) is 4.39 Å². The smallest absolute Gasteiger partial charge is 0.255 e. The van der Waals surface area contributed by atoms with Crippen molar-refractivity contribution in [2.24, 2.45) is 0 Å². The van der Waals surface area contributed by atoms with E-state index in [0.717, 1.165) is 29.3 Å². The molecule has 2 unspecified atom stereocenters. The van der Waals surface area contributed by atoms with Gasteiger partial charge in [-0.15, -0.1) is 0 Å². The molecule has 1 aliphatic rings. The van der Waals surface area contributed by atoms with Crippen LogP contribution in [0.4, 0.5) is 4.39 Å². The molecule has 3 rings (SSSR count). The van der Waals surface area contributed by atoms with Gasteiger partial charge >= 0.3 is 0 Å². The molecule has 3 N–H and O–H groups in total. The zero-order valence-electron chi connectivity index (χ0n) is 11.1. The third kappa shape index (κ3) is 2.48. The quantitative estimate of drug-likeness (QED) is 0.790. The zero-order chi connectivity index (χ0) is 15.0. The molecular formula is C16H14FNO3. The highest BCUT2D eigenvalue weighted by molar-refractivity contribution is 5.97. The monoisotopic (exact) mass is 287 g/mol. The van der Waals surface area contributed by atoms with Crippen LogP contribution in [0.2, 0.25) is 0 Å². The minimum atomic E-state index is -0.734. The van der Waals surface area contributed by atoms with Crippen molar-refractivity contribution in [1.82, 2.24) is 5.32 Å². The number of phenols is 1. The molecule has 21 heavy (non-hydrogen) atoms. The van der Waals surface area contributed by atoms with E-state index in [2.05, 4.69) is 5.32 Å². The van der Waals surface area contributed by atoms with Crippen LogP contribution in [-0.4, -0.2) is 22.2 Å². The maximum Gasteiger partial charge on any atom is 0.255 e. The molecule has 1 amide bonds. The summed E-state index contributed by atoms with van der Waals surface area (Å²) in [5.41, 5.74) is 1.67. The van der Waals surface area contributed by atoms with Gasteiger partial charge in [0.1, 0.15) is 11.6 Å². The number of aliphatic hydroxyl groups is 1. The summed E-state index contributed by atoms with van der Waals surface area (Å²) in [6, 6.07) is 10.0. The highest BCUT2D eigenvalue weighted by Crippen LogP contribution is 2.31. The van der Waals surface area contributed by atoms with Crippen molar-refractivity contribution in [3.05, 3.63) is 65.0 Å². The first-order valence-corrected chi connectivity index (χ1v) is 6.61. The number of hydrogen-bond acceptors (Lipinski definition) is 3. The second-order valence-electron chi connectivity index (χ2n) is 5.08. The molecule has 0 heterocycles. The van der Waals surface area contributed by atoms with E-state index in [1.165, 1.54) is 0 Å². The maximum atomic E-state index is 13.2. The predicted octanol–water partition coefficient (Wildman–Crippen LogP) is 1.92. The number of carbonyl (C=O) groups is 1. The number of phenolic OH excluding ortho intramolecular Hbond substituents is 1. The number of hydrogen-bond donors (Lipinski definition) is 3. The van der Waals surface area contributed by atoms with Crippen LogP contribution in [0.3, 0.4) is 0 Å². The Balaban J connectivity index is 1.87. The fourth-order valence-electron chi connectivity index (χ4n) is 2.66. The molecule has 0 saturated carbocycles. The lowest BCUT2D eigenvalue weighted by Crippen LogP contribution is -2.33. The van der Waals surface area contributed by atoms with Crippen LogP contribution >= 0.6 is 0 Å². The van der Waals surface area contributed by atoms with E-state index in [9.17, 15) is 19.4 Å². The number of aromatic hydroxyl groups is 1. The number of aliphatic hydroxyl groups excluding tert-OH is 1. The lowest BCUT2D eigenvalue weighted by atomic mass is 10.1. The number of carbonyl (C=O) groups excluding carboxylic acids is 1. The minimum Gasteiger partial charge on any atom is -0.507 e. The number of amides is 1. The Bertz CT molecular complexity index is 702. The summed E-state index contributed by atoms with van der Waals surface area (Å²) < 4.78 is 13.2. The molecule has 0 saturated heterocycles. The molecule has 1 aliphatic carbocycles. The van der Waals surface area contributed by atoms with Crippen molar-refractivity contribution in [2.45, 2.75) is 18.6 Å². The number of benzene rings is 2. The lowest BCUT2D eigenvalue weighted by molar-refractivity contribution is 0.0855. The van der Waals surface area contributed by atoms with Gasteiger partial charge in [-0.2, -0.15) is 0 Å². The first-order chi connectivity index (χ1) is 10.1. The van der Waals surface area contributed by atoms with Gasteiger partial charge in [-0.3, -0.25) is 4.79 Å². The van der Waals surface area contributed by atoms with Crippen LogP contribution in [0.5, 0.6) is 5.75 Å². The highest BCUT2D eigenvalue weighted by atomic mass is 19.1. The third-order valence-corrected chi connectivity index (χ3v) is 3.69. The first kappa shape index (κ1) is 13.6. The summed E-state index contributed by atoms with van der Waals surface area (Å²) >= 11 is 0. The van der Waals surface area contributed by atoms with Crippen LogP contribution in [0.25, 0.3) is 0 Å². The van der Waals surface area contributed by atoms with Gasteiger partial charge in [0.05, 0.1) is 17.7 Å². The van der Waals surface area contributed by atoms with Crippen molar-refractivity contribution in [1.29, 1.82) is 0 Å². The summed E-state index contributed by atoms with van der Waals surface area (Å²) in [6.45, 7) is 0. The van der Waals surface area contributed by atoms with Gasteiger partial charge in [-0.1, -0.05) is 24.3 Å². The van der Waals surface area contributed by atoms with E-state index in [0.29, 0.717) is 6.42 Å². The van der Waals surface area contributed by atoms with Crippen molar-refractivity contribution in [2.75, 3.05) is 0 Å². The van der Waals surface area contributed by atoms with Crippen molar-refractivity contribution < 1.29 is 19.4 Å². The van der Waals surface area contributed by atoms with Crippen molar-refractivity contribution >= 4 is 5.91 Å². The molecule has 5 heteroatoms. The minimum absolute atomic E-state index is 0.147. The average molecular weight is 287 g/mol. The van der Waals surface area contributed by atoms with Crippen LogP contribution < -0.4 is 5.32 Å². The van der Waals surface area contributed by atoms with E-state index < -0.39 is 23.9 Å². The first-order valence-electron chi connectivity index (χ1n) is 6.61. The van der Waals surface area contributed by atoms with E-state index >= 15 is 0 Å². The largest absolute Gasteiger partial charge is 0.507 e. The van der Waals surface area contributed by atoms with Gasteiger partial charge < -0.3 is 15.5 Å². The molecule has 0 spiro atoms. The Morgan fingerprint density at radius 2 is 2.00 bits per heavy atom. The second-order valence-corrected chi connectivity index (χ2v) is 5.08. The zero-order valence-corrected chi connectivity index (χ0v) is 11.1. The molecule has 0 aromatic heterocycles. The Morgan fingerprint density at radius 1 is 1.24 bits per heavy atom. The predicted molar refractivity (Wildman–Crippen MR) is 74.4 cm³/mol. The molecule has 0 bridgehead atoms. The molecule has 108 valence electrons. The molecule has 0 aliphatic heterocycles. The Hall–Kier alpha value is -2.40.